The van der Waals surface area contributed by atoms with Gasteiger partial charge in [-0.15, -0.1) is 0 Å². The molecule has 0 bridgehead atoms. The minimum atomic E-state index is -4.82. The monoisotopic (exact) mass is 270 g/mol. The zero-order valence-corrected chi connectivity index (χ0v) is 8.39. The van der Waals surface area contributed by atoms with Crippen LogP contribution in [0.1, 0.15) is 11.1 Å². The molecule has 2 aromatic rings. The summed E-state index contributed by atoms with van der Waals surface area (Å²) in [7, 11) is 0. The van der Waals surface area contributed by atoms with E-state index in [0.29, 0.717) is 24.7 Å². The van der Waals surface area contributed by atoms with Crippen LogP contribution >= 0.6 is 0 Å². The molecule has 0 N–H and O–H groups in total. The molecule has 8 heteroatoms. The summed E-state index contributed by atoms with van der Waals surface area (Å²) in [5.74, 6) is -1.97. The van der Waals surface area contributed by atoms with Gasteiger partial charge in [-0.05, 0) is 12.1 Å². The number of rotatable bonds is 1. The Morgan fingerprint density at radius 3 is 1.28 bits per heavy atom. The van der Waals surface area contributed by atoms with Gasteiger partial charge < -0.3 is 8.83 Å². The molecule has 18 heavy (non-hydrogen) atoms. The van der Waals surface area contributed by atoms with Crippen LogP contribution in [0.15, 0.2) is 33.5 Å². The smallest absolute Gasteiger partial charge is 0.420 e. The molecule has 2 heterocycles. The average Bonchev–Trinajstić information content (AvgIpc) is 2.83. The fourth-order valence-corrected chi connectivity index (χ4v) is 1.42. The van der Waals surface area contributed by atoms with Crippen molar-refractivity contribution in [2.75, 3.05) is 0 Å². The minimum Gasteiger partial charge on any atom is -0.460 e. The van der Waals surface area contributed by atoms with Crippen LogP contribution in [0.25, 0.3) is 11.5 Å². The van der Waals surface area contributed by atoms with Gasteiger partial charge >= 0.3 is 12.4 Å². The maximum atomic E-state index is 12.5. The van der Waals surface area contributed by atoms with E-state index in [1.54, 1.807) is 0 Å². The summed E-state index contributed by atoms with van der Waals surface area (Å²) in [6.07, 6.45) is -8.34. The Labute approximate surface area is 95.8 Å². The maximum absolute atomic E-state index is 12.5. The molecule has 0 aromatic carbocycles. The van der Waals surface area contributed by atoms with Crippen molar-refractivity contribution in [2.45, 2.75) is 12.4 Å². The van der Waals surface area contributed by atoms with E-state index < -0.39 is 35.0 Å². The van der Waals surface area contributed by atoms with Gasteiger partial charge in [-0.1, -0.05) is 0 Å². The Morgan fingerprint density at radius 2 is 1.00 bits per heavy atom. The molecule has 2 nitrogen and oxygen atoms in total. The molecule has 0 saturated carbocycles. The molecule has 0 fully saturated rings. The van der Waals surface area contributed by atoms with E-state index in [4.69, 9.17) is 0 Å². The van der Waals surface area contributed by atoms with Crippen molar-refractivity contribution in [1.82, 2.24) is 0 Å². The second kappa shape index (κ2) is 3.82. The third-order valence-corrected chi connectivity index (χ3v) is 2.15. The predicted molar refractivity (Wildman–Crippen MR) is 46.4 cm³/mol. The fourth-order valence-electron chi connectivity index (χ4n) is 1.42. The van der Waals surface area contributed by atoms with Gasteiger partial charge in [0.05, 0.1) is 12.5 Å². The number of hydrogen-bond donors (Lipinski definition) is 0. The van der Waals surface area contributed by atoms with Crippen LogP contribution < -0.4 is 0 Å². The summed E-state index contributed by atoms with van der Waals surface area (Å²) >= 11 is 0. The van der Waals surface area contributed by atoms with E-state index in [1.165, 1.54) is 0 Å². The van der Waals surface area contributed by atoms with Crippen LogP contribution in [-0.2, 0) is 12.4 Å². The lowest BCUT2D eigenvalue weighted by Gasteiger charge is -2.08. The summed E-state index contributed by atoms with van der Waals surface area (Å²) in [6.45, 7) is 0. The van der Waals surface area contributed by atoms with Crippen molar-refractivity contribution in [1.29, 1.82) is 0 Å². The third-order valence-electron chi connectivity index (χ3n) is 2.15. The Morgan fingerprint density at radius 1 is 0.667 bits per heavy atom. The Kier molecular flexibility index (Phi) is 2.67. The highest BCUT2D eigenvalue weighted by molar-refractivity contribution is 5.61. The molecule has 0 aliphatic rings. The minimum absolute atomic E-state index is 0.540. The first kappa shape index (κ1) is 12.6. The van der Waals surface area contributed by atoms with Gasteiger partial charge in [0.1, 0.15) is 11.1 Å². The van der Waals surface area contributed by atoms with Crippen LogP contribution in [0.2, 0.25) is 0 Å². The fraction of sp³-hybridized carbons (Fsp3) is 0.200. The Balaban J connectivity index is 2.58. The summed E-state index contributed by atoms with van der Waals surface area (Å²) in [5.41, 5.74) is -2.63. The van der Waals surface area contributed by atoms with Crippen molar-refractivity contribution in [3.63, 3.8) is 0 Å². The van der Waals surface area contributed by atoms with Gasteiger partial charge in [0.2, 0.25) is 0 Å². The largest absolute Gasteiger partial charge is 0.460 e. The van der Waals surface area contributed by atoms with E-state index in [0.717, 1.165) is 0 Å². The third kappa shape index (κ3) is 2.09. The number of alkyl halides is 6. The van der Waals surface area contributed by atoms with E-state index in [1.807, 2.05) is 0 Å². The molecular weight excluding hydrogens is 266 g/mol. The number of furan rings is 2. The van der Waals surface area contributed by atoms with E-state index in [-0.39, 0.29) is 0 Å². The summed E-state index contributed by atoms with van der Waals surface area (Å²) < 4.78 is 84.0. The molecule has 98 valence electrons. The lowest BCUT2D eigenvalue weighted by molar-refractivity contribution is -0.140. The normalized spacial score (nSPS) is 13.0. The lowest BCUT2D eigenvalue weighted by Crippen LogP contribution is -2.08. The Bertz CT molecular complexity index is 495. The first-order chi connectivity index (χ1) is 8.21. The highest BCUT2D eigenvalue weighted by Crippen LogP contribution is 2.43. The predicted octanol–water partition coefficient (Wildman–Crippen LogP) is 4.58. The molecule has 0 atom stereocenters. The average molecular weight is 270 g/mol. The molecule has 0 aliphatic carbocycles. The van der Waals surface area contributed by atoms with Crippen LogP contribution in [0.4, 0.5) is 26.3 Å². The first-order valence-corrected chi connectivity index (χ1v) is 4.51. The zero-order chi connectivity index (χ0) is 13.6. The maximum Gasteiger partial charge on any atom is 0.420 e. The van der Waals surface area contributed by atoms with Gasteiger partial charge in [-0.3, -0.25) is 0 Å². The van der Waals surface area contributed by atoms with Crippen molar-refractivity contribution in [3.05, 3.63) is 35.8 Å². The molecule has 0 saturated heterocycles. The summed E-state index contributed by atoms with van der Waals surface area (Å²) in [5, 5.41) is 0. The molecule has 0 aliphatic heterocycles. The number of halogens is 6. The lowest BCUT2D eigenvalue weighted by atomic mass is 10.1. The number of hydrogen-bond acceptors (Lipinski definition) is 2. The van der Waals surface area contributed by atoms with Crippen molar-refractivity contribution in [2.24, 2.45) is 0 Å². The standard InChI is InChI=1S/C10H4F6O2/c11-9(12,13)5-1-3-17-7(5)8-6(2-4-18-8)10(14,15)16/h1-4H. The van der Waals surface area contributed by atoms with Gasteiger partial charge in [-0.2, -0.15) is 26.3 Å². The van der Waals surface area contributed by atoms with Crippen LogP contribution in [0.3, 0.4) is 0 Å². The van der Waals surface area contributed by atoms with Gasteiger partial charge in [0, 0.05) is 0 Å². The van der Waals surface area contributed by atoms with Crippen molar-refractivity contribution >= 4 is 0 Å². The zero-order valence-electron chi connectivity index (χ0n) is 8.39. The molecule has 0 amide bonds. The van der Waals surface area contributed by atoms with Gasteiger partial charge in [0.25, 0.3) is 0 Å². The van der Waals surface area contributed by atoms with Gasteiger partial charge in [-0.25, -0.2) is 0 Å². The molecule has 2 aromatic heterocycles. The molecular formula is C10H4F6O2. The summed E-state index contributed by atoms with van der Waals surface area (Å²) in [6, 6.07) is 1.08. The van der Waals surface area contributed by atoms with E-state index in [2.05, 4.69) is 8.83 Å². The quantitative estimate of drug-likeness (QED) is 0.709. The molecule has 2 rings (SSSR count). The highest BCUT2D eigenvalue weighted by Gasteiger charge is 2.41. The second-order valence-electron chi connectivity index (χ2n) is 3.32. The van der Waals surface area contributed by atoms with Crippen LogP contribution in [0, 0.1) is 0 Å². The van der Waals surface area contributed by atoms with Crippen LogP contribution in [-0.4, -0.2) is 0 Å². The molecule has 0 unspecified atom stereocenters. The van der Waals surface area contributed by atoms with Crippen molar-refractivity contribution in [3.8, 4) is 11.5 Å². The van der Waals surface area contributed by atoms with E-state index in [9.17, 15) is 26.3 Å². The molecule has 0 radical (unpaired) electrons. The first-order valence-electron chi connectivity index (χ1n) is 4.51. The van der Waals surface area contributed by atoms with E-state index >= 15 is 0 Å². The molecule has 0 spiro atoms. The SMILES string of the molecule is FC(F)(F)c1ccoc1-c1occc1C(F)(F)F. The summed E-state index contributed by atoms with van der Waals surface area (Å²) in [4.78, 5) is 0. The highest BCUT2D eigenvalue weighted by atomic mass is 19.4. The van der Waals surface area contributed by atoms with Crippen LogP contribution in [0.5, 0.6) is 0 Å². The topological polar surface area (TPSA) is 26.3 Å². The Hall–Kier alpha value is -1.86. The van der Waals surface area contributed by atoms with Crippen molar-refractivity contribution < 1.29 is 35.2 Å². The second-order valence-corrected chi connectivity index (χ2v) is 3.32. The van der Waals surface area contributed by atoms with Gasteiger partial charge in [0.15, 0.2) is 11.5 Å².